The maximum atomic E-state index is 14.8. The van der Waals surface area contributed by atoms with Gasteiger partial charge in [0.25, 0.3) is 0 Å². The van der Waals surface area contributed by atoms with Crippen molar-refractivity contribution in [1.29, 1.82) is 0 Å². The van der Waals surface area contributed by atoms with E-state index in [-0.39, 0.29) is 6.54 Å². The monoisotopic (exact) mass is 393 g/mol. The minimum Gasteiger partial charge on any atom is -0.350 e. The Labute approximate surface area is 168 Å². The number of aromatic nitrogens is 6. The van der Waals surface area contributed by atoms with Crippen LogP contribution in [-0.4, -0.2) is 41.2 Å². The van der Waals surface area contributed by atoms with Gasteiger partial charge in [0, 0.05) is 35.4 Å². The zero-order chi connectivity index (χ0) is 20.0. The van der Waals surface area contributed by atoms with Crippen LogP contribution >= 0.6 is 0 Å². The van der Waals surface area contributed by atoms with Crippen molar-refractivity contribution in [2.24, 2.45) is 5.92 Å². The summed E-state index contributed by atoms with van der Waals surface area (Å²) in [5.74, 6) is 1.57. The predicted molar refractivity (Wildman–Crippen MR) is 110 cm³/mol. The van der Waals surface area contributed by atoms with Gasteiger partial charge in [-0.2, -0.15) is 0 Å². The molecule has 1 N–H and O–H groups in total. The molecule has 1 aliphatic carbocycles. The van der Waals surface area contributed by atoms with Crippen LogP contribution in [0.3, 0.4) is 0 Å². The fraction of sp³-hybridized carbons (Fsp3) is 0.429. The Kier molecular flexibility index (Phi) is 4.22. The van der Waals surface area contributed by atoms with E-state index in [1.807, 2.05) is 35.3 Å². The average Bonchev–Trinajstić information content (AvgIpc) is 3.42. The van der Waals surface area contributed by atoms with Gasteiger partial charge < -0.3 is 5.32 Å². The van der Waals surface area contributed by atoms with E-state index in [4.69, 9.17) is 0 Å². The molecule has 2 unspecified atom stereocenters. The summed E-state index contributed by atoms with van der Waals surface area (Å²) < 4.78 is 18.6. The minimum atomic E-state index is -1.16. The highest BCUT2D eigenvalue weighted by atomic mass is 19.1. The van der Waals surface area contributed by atoms with Crippen LogP contribution in [0.5, 0.6) is 0 Å². The number of hydrogen-bond donors (Lipinski definition) is 1. The largest absolute Gasteiger partial charge is 0.350 e. The minimum absolute atomic E-state index is 0.248. The molecule has 1 fully saturated rings. The lowest BCUT2D eigenvalue weighted by Gasteiger charge is -2.19. The van der Waals surface area contributed by atoms with Gasteiger partial charge in [0.1, 0.15) is 5.67 Å². The summed E-state index contributed by atoms with van der Waals surface area (Å²) in [6.07, 6.45) is 12.4. The number of fused-ring (bicyclic) bond motifs is 2. The second-order valence-corrected chi connectivity index (χ2v) is 8.11. The molecule has 29 heavy (non-hydrogen) atoms. The van der Waals surface area contributed by atoms with Crippen LogP contribution in [0.1, 0.15) is 38.8 Å². The predicted octanol–water partition coefficient (Wildman–Crippen LogP) is 3.94. The summed E-state index contributed by atoms with van der Waals surface area (Å²) in [5.41, 5.74) is 2.79. The van der Waals surface area contributed by atoms with Gasteiger partial charge in [-0.25, -0.2) is 23.9 Å². The van der Waals surface area contributed by atoms with E-state index < -0.39 is 5.67 Å². The van der Waals surface area contributed by atoms with Crippen LogP contribution in [0.4, 0.5) is 10.3 Å². The zero-order valence-electron chi connectivity index (χ0n) is 16.6. The molecule has 0 radical (unpaired) electrons. The van der Waals surface area contributed by atoms with Crippen molar-refractivity contribution in [3.63, 3.8) is 0 Å². The third-order valence-electron chi connectivity index (χ3n) is 5.89. The lowest BCUT2D eigenvalue weighted by molar-refractivity contribution is 0.183. The quantitative estimate of drug-likeness (QED) is 0.556. The number of halogens is 1. The van der Waals surface area contributed by atoms with Crippen molar-refractivity contribution >= 4 is 17.2 Å². The van der Waals surface area contributed by atoms with Crippen molar-refractivity contribution in [3.05, 3.63) is 42.7 Å². The van der Waals surface area contributed by atoms with Gasteiger partial charge >= 0.3 is 0 Å². The fourth-order valence-electron chi connectivity index (χ4n) is 4.28. The Bertz CT molecular complexity index is 1180. The third-order valence-corrected chi connectivity index (χ3v) is 5.89. The molecule has 0 spiro atoms. The fourth-order valence-corrected chi connectivity index (χ4v) is 4.28. The first-order valence-electron chi connectivity index (χ1n) is 10.1. The first-order chi connectivity index (χ1) is 14.0. The third kappa shape index (κ3) is 3.22. The van der Waals surface area contributed by atoms with Gasteiger partial charge in [-0.15, -0.1) is 5.10 Å². The van der Waals surface area contributed by atoms with Crippen molar-refractivity contribution in [1.82, 2.24) is 29.0 Å². The molecule has 1 saturated carbocycles. The van der Waals surface area contributed by atoms with Crippen LogP contribution in [0.2, 0.25) is 0 Å². The number of hydrogen-bond acceptors (Lipinski definition) is 5. The number of anilines is 1. The maximum absolute atomic E-state index is 14.8. The highest BCUT2D eigenvalue weighted by Crippen LogP contribution is 2.37. The number of imidazole rings is 1. The van der Waals surface area contributed by atoms with Gasteiger partial charge in [-0.05, 0) is 37.7 Å². The number of rotatable bonds is 5. The van der Waals surface area contributed by atoms with Gasteiger partial charge in [0.05, 0.1) is 24.5 Å². The summed E-state index contributed by atoms with van der Waals surface area (Å²) in [4.78, 5) is 13.2. The average molecular weight is 393 g/mol. The van der Waals surface area contributed by atoms with E-state index in [0.717, 1.165) is 35.2 Å². The molecule has 150 valence electrons. The smallest absolute Gasteiger partial charge is 0.241 e. The summed E-state index contributed by atoms with van der Waals surface area (Å²) in [5, 5.41) is 7.59. The van der Waals surface area contributed by atoms with Gasteiger partial charge in [-0.1, -0.05) is 13.8 Å². The molecule has 8 heteroatoms. The van der Waals surface area contributed by atoms with E-state index in [0.29, 0.717) is 30.5 Å². The molecule has 0 amide bonds. The van der Waals surface area contributed by atoms with E-state index in [1.165, 1.54) is 0 Å². The van der Waals surface area contributed by atoms with E-state index >= 15 is 0 Å². The summed E-state index contributed by atoms with van der Waals surface area (Å²) in [7, 11) is 0. The van der Waals surface area contributed by atoms with Crippen molar-refractivity contribution < 1.29 is 4.39 Å². The number of alkyl halides is 1. The number of nitrogens with one attached hydrogen (secondary N) is 1. The topological polar surface area (TPSA) is 72.4 Å². The second-order valence-electron chi connectivity index (χ2n) is 8.11. The Hall–Kier alpha value is -3.03. The standard InChI is InChI=1S/C21H24FN7/c1-3-16-10-25-20-24-9-15(12-28(16)20)17-5-7-29-18(17)11-23-19(27-29)26-13-21(22)6-4-14(2)8-21/h5,7,9-12,14H,3-4,6,8,13H2,1-2H3,(H,26,27). The molecule has 0 aliphatic heterocycles. The van der Waals surface area contributed by atoms with Crippen molar-refractivity contribution in [3.8, 4) is 11.1 Å². The Morgan fingerprint density at radius 3 is 2.90 bits per heavy atom. The first-order valence-corrected chi connectivity index (χ1v) is 10.1. The maximum Gasteiger partial charge on any atom is 0.241 e. The van der Waals surface area contributed by atoms with Crippen molar-refractivity contribution in [2.45, 2.75) is 45.2 Å². The normalized spacial score (nSPS) is 22.0. The Morgan fingerprint density at radius 2 is 2.10 bits per heavy atom. The summed E-state index contributed by atoms with van der Waals surface area (Å²) in [6.45, 7) is 4.45. The number of aryl methyl sites for hydroxylation is 1. The molecule has 7 nitrogen and oxygen atoms in total. The molecular formula is C21H24FN7. The van der Waals surface area contributed by atoms with Crippen molar-refractivity contribution in [2.75, 3.05) is 11.9 Å². The van der Waals surface area contributed by atoms with Crippen LogP contribution in [0, 0.1) is 5.92 Å². The molecule has 5 rings (SSSR count). The zero-order valence-corrected chi connectivity index (χ0v) is 16.6. The highest BCUT2D eigenvalue weighted by molar-refractivity contribution is 5.79. The van der Waals surface area contributed by atoms with Crippen LogP contribution in [0.15, 0.2) is 37.1 Å². The Balaban J connectivity index is 1.42. The molecule has 0 saturated heterocycles. The van der Waals surface area contributed by atoms with Crippen LogP contribution in [-0.2, 0) is 6.42 Å². The molecule has 2 atom stereocenters. The van der Waals surface area contributed by atoms with Gasteiger partial charge in [-0.3, -0.25) is 4.40 Å². The summed E-state index contributed by atoms with van der Waals surface area (Å²) >= 11 is 0. The molecule has 0 aromatic carbocycles. The highest BCUT2D eigenvalue weighted by Gasteiger charge is 2.37. The first kappa shape index (κ1) is 18.0. The molecule has 4 heterocycles. The van der Waals surface area contributed by atoms with Gasteiger partial charge in [0.15, 0.2) is 0 Å². The summed E-state index contributed by atoms with van der Waals surface area (Å²) in [6, 6.07) is 1.99. The second kappa shape index (κ2) is 6.79. The van der Waals surface area contributed by atoms with E-state index in [2.05, 4.69) is 39.2 Å². The molecule has 0 bridgehead atoms. The SMILES string of the molecule is CCc1cnc2ncc(-c3ccn4nc(NCC5(F)CCC(C)C5)ncc34)cn12. The molecular weight excluding hydrogens is 369 g/mol. The molecule has 1 aliphatic rings. The molecule has 4 aromatic rings. The van der Waals surface area contributed by atoms with Crippen LogP contribution in [0.25, 0.3) is 22.4 Å². The van der Waals surface area contributed by atoms with E-state index in [1.54, 1.807) is 10.7 Å². The number of nitrogens with zero attached hydrogens (tertiary/aromatic N) is 6. The van der Waals surface area contributed by atoms with E-state index in [9.17, 15) is 4.39 Å². The molecule has 4 aromatic heterocycles. The lowest BCUT2D eigenvalue weighted by Crippen LogP contribution is -2.29. The Morgan fingerprint density at radius 1 is 1.24 bits per heavy atom. The van der Waals surface area contributed by atoms with Crippen LogP contribution < -0.4 is 5.32 Å². The van der Waals surface area contributed by atoms with Gasteiger partial charge in [0.2, 0.25) is 11.7 Å². The lowest BCUT2D eigenvalue weighted by atomic mass is 10.0.